The number of esters is 1. The molecule has 1 aliphatic rings. The Hall–Kier alpha value is -2.63. The summed E-state index contributed by atoms with van der Waals surface area (Å²) in [5.41, 5.74) is 1.12. The number of piperidine rings is 1. The van der Waals surface area contributed by atoms with Gasteiger partial charge in [-0.05, 0) is 37.6 Å². The Morgan fingerprint density at radius 1 is 1.22 bits per heavy atom. The molecule has 0 saturated carbocycles. The number of nitrogens with zero attached hydrogens (tertiary/aromatic N) is 3. The first-order valence-corrected chi connectivity index (χ1v) is 7.66. The first-order chi connectivity index (χ1) is 11.2. The second-order valence-corrected chi connectivity index (χ2v) is 5.51. The maximum absolute atomic E-state index is 12.1. The van der Waals surface area contributed by atoms with Crippen LogP contribution in [0.25, 0.3) is 0 Å². The molecule has 0 aromatic heterocycles. The maximum Gasteiger partial charge on any atom is 0.309 e. The maximum atomic E-state index is 12.1. The lowest BCUT2D eigenvalue weighted by atomic mass is 9.97. The summed E-state index contributed by atoms with van der Waals surface area (Å²) in [6.45, 7) is 2.43. The molecule has 0 bridgehead atoms. The average molecular weight is 309 g/mol. The molecule has 0 spiro atoms. The van der Waals surface area contributed by atoms with Crippen LogP contribution in [0.5, 0.6) is 0 Å². The zero-order valence-corrected chi connectivity index (χ0v) is 12.9. The summed E-state index contributed by atoms with van der Waals surface area (Å²) in [7, 11) is 0. The van der Waals surface area contributed by atoms with Crippen LogP contribution in [-0.4, -0.2) is 30.5 Å². The summed E-state index contributed by atoms with van der Waals surface area (Å²) in [5.74, 6) is -0.205. The van der Waals surface area contributed by atoms with Crippen LogP contribution in [0.3, 0.4) is 0 Å². The number of likely N-dealkylation sites (tertiary alicyclic amines) is 1. The SMILES string of the molecule is N#CC(C#N)=CCN1CCC(C(=O)OCc2ccccc2)CC1. The predicted molar refractivity (Wildman–Crippen MR) is 84.7 cm³/mol. The van der Waals surface area contributed by atoms with E-state index in [1.165, 1.54) is 0 Å². The molecule has 2 rings (SSSR count). The molecule has 0 aliphatic carbocycles. The number of hydrogen-bond acceptors (Lipinski definition) is 5. The van der Waals surface area contributed by atoms with Gasteiger partial charge in [-0.2, -0.15) is 10.5 Å². The van der Waals surface area contributed by atoms with Crippen molar-refractivity contribution in [3.8, 4) is 12.1 Å². The van der Waals surface area contributed by atoms with E-state index < -0.39 is 0 Å². The molecule has 1 fully saturated rings. The van der Waals surface area contributed by atoms with Crippen molar-refractivity contribution in [2.75, 3.05) is 19.6 Å². The average Bonchev–Trinajstić information content (AvgIpc) is 2.62. The number of hydrogen-bond donors (Lipinski definition) is 0. The van der Waals surface area contributed by atoms with Gasteiger partial charge in [0, 0.05) is 6.54 Å². The van der Waals surface area contributed by atoms with Crippen LogP contribution < -0.4 is 0 Å². The van der Waals surface area contributed by atoms with E-state index in [-0.39, 0.29) is 17.5 Å². The molecule has 0 atom stereocenters. The molecule has 118 valence electrons. The van der Waals surface area contributed by atoms with E-state index >= 15 is 0 Å². The van der Waals surface area contributed by atoms with E-state index in [9.17, 15) is 4.79 Å². The van der Waals surface area contributed by atoms with Crippen LogP contribution >= 0.6 is 0 Å². The third-order valence-electron chi connectivity index (χ3n) is 3.94. The van der Waals surface area contributed by atoms with Gasteiger partial charge < -0.3 is 4.74 Å². The Kier molecular flexibility index (Phi) is 6.35. The Bertz CT molecular complexity index is 616. The van der Waals surface area contributed by atoms with Crippen molar-refractivity contribution in [3.05, 3.63) is 47.5 Å². The van der Waals surface area contributed by atoms with Crippen molar-refractivity contribution in [2.45, 2.75) is 19.4 Å². The number of carbonyl (C=O) groups excluding carboxylic acids is 1. The van der Waals surface area contributed by atoms with Crippen molar-refractivity contribution < 1.29 is 9.53 Å². The number of nitriles is 2. The molecule has 23 heavy (non-hydrogen) atoms. The van der Waals surface area contributed by atoms with Crippen LogP contribution in [0.2, 0.25) is 0 Å². The van der Waals surface area contributed by atoms with Gasteiger partial charge >= 0.3 is 5.97 Å². The second kappa shape index (κ2) is 8.73. The van der Waals surface area contributed by atoms with Crippen molar-refractivity contribution in [1.82, 2.24) is 4.90 Å². The first-order valence-electron chi connectivity index (χ1n) is 7.66. The molecule has 0 amide bonds. The molecule has 5 nitrogen and oxygen atoms in total. The van der Waals surface area contributed by atoms with Crippen LogP contribution in [-0.2, 0) is 16.1 Å². The molecule has 1 aromatic carbocycles. The fraction of sp³-hybridized carbons (Fsp3) is 0.389. The highest BCUT2D eigenvalue weighted by Gasteiger charge is 2.25. The predicted octanol–water partition coefficient (Wildman–Crippen LogP) is 2.42. The summed E-state index contributed by atoms with van der Waals surface area (Å²) in [4.78, 5) is 14.2. The lowest BCUT2D eigenvalue weighted by Gasteiger charge is -2.29. The standard InChI is InChI=1S/C18H19N3O2/c19-12-16(13-20)6-9-21-10-7-17(8-11-21)18(22)23-14-15-4-2-1-3-5-15/h1-6,17H,7-11,14H2. The Morgan fingerprint density at radius 3 is 2.48 bits per heavy atom. The fourth-order valence-corrected chi connectivity index (χ4v) is 2.53. The van der Waals surface area contributed by atoms with E-state index in [4.69, 9.17) is 15.3 Å². The fourth-order valence-electron chi connectivity index (χ4n) is 2.53. The summed E-state index contributed by atoms with van der Waals surface area (Å²) >= 11 is 0. The number of rotatable bonds is 5. The molecule has 1 heterocycles. The monoisotopic (exact) mass is 309 g/mol. The van der Waals surface area contributed by atoms with Gasteiger partial charge in [-0.25, -0.2) is 0 Å². The number of benzene rings is 1. The van der Waals surface area contributed by atoms with E-state index in [1.807, 2.05) is 42.5 Å². The lowest BCUT2D eigenvalue weighted by molar-refractivity contribution is -0.151. The molecular formula is C18H19N3O2. The highest BCUT2D eigenvalue weighted by molar-refractivity contribution is 5.72. The van der Waals surface area contributed by atoms with Crippen molar-refractivity contribution in [2.24, 2.45) is 5.92 Å². The normalized spacial score (nSPS) is 15.2. The Morgan fingerprint density at radius 2 is 1.87 bits per heavy atom. The van der Waals surface area contributed by atoms with Crippen molar-refractivity contribution in [3.63, 3.8) is 0 Å². The zero-order chi connectivity index (χ0) is 16.5. The minimum absolute atomic E-state index is 0.0645. The Balaban J connectivity index is 1.74. The molecule has 0 unspecified atom stereocenters. The largest absolute Gasteiger partial charge is 0.461 e. The molecule has 1 aromatic rings. The zero-order valence-electron chi connectivity index (χ0n) is 12.9. The van der Waals surface area contributed by atoms with Gasteiger partial charge in [0.1, 0.15) is 24.3 Å². The van der Waals surface area contributed by atoms with Crippen LogP contribution in [0, 0.1) is 28.6 Å². The molecule has 1 saturated heterocycles. The van der Waals surface area contributed by atoms with Crippen molar-refractivity contribution in [1.29, 1.82) is 10.5 Å². The van der Waals surface area contributed by atoms with E-state index in [1.54, 1.807) is 6.08 Å². The number of carbonyl (C=O) groups is 1. The smallest absolute Gasteiger partial charge is 0.309 e. The molecule has 0 radical (unpaired) electrons. The van der Waals surface area contributed by atoms with Crippen LogP contribution in [0.15, 0.2) is 42.0 Å². The van der Waals surface area contributed by atoms with E-state index in [0.29, 0.717) is 13.2 Å². The van der Waals surface area contributed by atoms with Gasteiger partial charge in [0.2, 0.25) is 0 Å². The van der Waals surface area contributed by atoms with E-state index in [2.05, 4.69) is 4.90 Å². The summed E-state index contributed by atoms with van der Waals surface area (Å²) in [6, 6.07) is 13.3. The highest BCUT2D eigenvalue weighted by atomic mass is 16.5. The molecular weight excluding hydrogens is 290 g/mol. The number of allylic oxidation sites excluding steroid dienone is 1. The van der Waals surface area contributed by atoms with Gasteiger partial charge in [0.25, 0.3) is 0 Å². The summed E-state index contributed by atoms with van der Waals surface area (Å²) in [5, 5.41) is 17.4. The quantitative estimate of drug-likeness (QED) is 0.616. The minimum Gasteiger partial charge on any atom is -0.461 e. The van der Waals surface area contributed by atoms with Gasteiger partial charge in [-0.1, -0.05) is 30.3 Å². The third-order valence-corrected chi connectivity index (χ3v) is 3.94. The van der Waals surface area contributed by atoms with Gasteiger partial charge in [0.15, 0.2) is 0 Å². The second-order valence-electron chi connectivity index (χ2n) is 5.51. The third kappa shape index (κ3) is 5.25. The Labute approximate surface area is 136 Å². The molecule has 5 heteroatoms. The van der Waals surface area contributed by atoms with Gasteiger partial charge in [0.05, 0.1) is 5.92 Å². The summed E-state index contributed by atoms with van der Waals surface area (Å²) in [6.07, 6.45) is 3.12. The van der Waals surface area contributed by atoms with Crippen LogP contribution in [0.4, 0.5) is 0 Å². The highest BCUT2D eigenvalue weighted by Crippen LogP contribution is 2.19. The van der Waals surface area contributed by atoms with E-state index in [0.717, 1.165) is 31.5 Å². The van der Waals surface area contributed by atoms with Crippen molar-refractivity contribution >= 4 is 5.97 Å². The minimum atomic E-state index is -0.140. The molecule has 1 aliphatic heterocycles. The van der Waals surface area contributed by atoms with Gasteiger partial charge in [-0.3, -0.25) is 9.69 Å². The van der Waals surface area contributed by atoms with Crippen LogP contribution in [0.1, 0.15) is 18.4 Å². The lowest BCUT2D eigenvalue weighted by Crippen LogP contribution is -2.37. The first kappa shape index (κ1) is 16.7. The number of ether oxygens (including phenoxy) is 1. The van der Waals surface area contributed by atoms with Gasteiger partial charge in [-0.15, -0.1) is 0 Å². The summed E-state index contributed by atoms with van der Waals surface area (Å²) < 4.78 is 5.38. The molecule has 0 N–H and O–H groups in total. The topological polar surface area (TPSA) is 77.1 Å².